The highest BCUT2D eigenvalue weighted by atomic mass is 35.5. The Labute approximate surface area is 137 Å². The third kappa shape index (κ3) is 2.24. The zero-order valence-electron chi connectivity index (χ0n) is 11.9. The fraction of sp³-hybridized carbons (Fsp3) is 0.412. The van der Waals surface area contributed by atoms with Crippen LogP contribution in [0.4, 0.5) is 4.39 Å². The molecule has 0 radical (unpaired) electrons. The quantitative estimate of drug-likeness (QED) is 0.754. The van der Waals surface area contributed by atoms with Crippen molar-refractivity contribution in [2.75, 3.05) is 5.75 Å². The lowest BCUT2D eigenvalue weighted by Gasteiger charge is -2.33. The number of benzene rings is 1. The Balaban J connectivity index is 1.87. The Morgan fingerprint density at radius 2 is 2.14 bits per heavy atom. The van der Waals surface area contributed by atoms with Gasteiger partial charge in [-0.1, -0.05) is 17.7 Å². The number of aliphatic imine (C=N–C) groups is 1. The largest absolute Gasteiger partial charge is 0.294 e. The van der Waals surface area contributed by atoms with E-state index in [-0.39, 0.29) is 22.0 Å². The summed E-state index contributed by atoms with van der Waals surface area (Å²) in [4.78, 5) is 17.3. The van der Waals surface area contributed by atoms with Gasteiger partial charge in [-0.3, -0.25) is 9.79 Å². The molecule has 2 atom stereocenters. The third-order valence-electron chi connectivity index (χ3n) is 4.61. The second kappa shape index (κ2) is 5.50. The summed E-state index contributed by atoms with van der Waals surface area (Å²) in [5.74, 6) is 0.702. The van der Waals surface area contributed by atoms with Crippen molar-refractivity contribution in [3.8, 4) is 0 Å². The Hall–Kier alpha value is -1.13. The van der Waals surface area contributed by atoms with Gasteiger partial charge in [-0.15, -0.1) is 0 Å². The van der Waals surface area contributed by atoms with Crippen LogP contribution in [0.15, 0.2) is 34.5 Å². The molecule has 0 spiro atoms. The lowest BCUT2D eigenvalue weighted by molar-refractivity contribution is -0.116. The van der Waals surface area contributed by atoms with Crippen molar-refractivity contribution in [1.82, 2.24) is 0 Å². The number of rotatable bonds is 1. The monoisotopic (exact) mass is 335 g/mol. The standard InChI is InChI=1S/C17H15ClFNOS/c18-10-5-4-9(8-11(10)19)15-16-12(2-1-3-14(16)21)20-13-6-7-22-17(13)15/h4-5,8,15,17H,1-3,6-7H2. The molecular weight excluding hydrogens is 321 g/mol. The highest BCUT2D eigenvalue weighted by Gasteiger charge is 2.42. The first-order chi connectivity index (χ1) is 10.6. The van der Waals surface area contributed by atoms with Crippen LogP contribution in [0.1, 0.15) is 37.2 Å². The average Bonchev–Trinajstić information content (AvgIpc) is 2.96. The van der Waals surface area contributed by atoms with Gasteiger partial charge in [-0.05, 0) is 42.7 Å². The van der Waals surface area contributed by atoms with Crippen molar-refractivity contribution in [2.24, 2.45) is 4.99 Å². The lowest BCUT2D eigenvalue weighted by atomic mass is 9.77. The molecule has 5 heteroatoms. The number of ketones is 1. The van der Waals surface area contributed by atoms with E-state index in [2.05, 4.69) is 0 Å². The lowest BCUT2D eigenvalue weighted by Crippen LogP contribution is -2.32. The Morgan fingerprint density at radius 3 is 2.95 bits per heavy atom. The highest BCUT2D eigenvalue weighted by molar-refractivity contribution is 8.01. The molecule has 0 aromatic heterocycles. The minimum Gasteiger partial charge on any atom is -0.294 e. The predicted molar refractivity (Wildman–Crippen MR) is 88.3 cm³/mol. The molecule has 1 aromatic carbocycles. The molecule has 2 nitrogen and oxygen atoms in total. The normalized spacial score (nSPS) is 27.5. The first-order valence-electron chi connectivity index (χ1n) is 7.55. The Morgan fingerprint density at radius 1 is 1.27 bits per heavy atom. The minimum absolute atomic E-state index is 0.0745. The molecule has 3 aliphatic rings. The molecule has 4 rings (SSSR count). The SMILES string of the molecule is O=C1CCCC2=C1C(c1ccc(Cl)c(F)c1)C1SCCC1=N2. The number of Topliss-reactive ketones (excluding diaryl/α,β-unsaturated/α-hetero) is 1. The van der Waals surface area contributed by atoms with Gasteiger partial charge in [0.05, 0.1) is 10.3 Å². The number of allylic oxidation sites excluding steroid dienone is 2. The molecule has 0 amide bonds. The average molecular weight is 336 g/mol. The van der Waals surface area contributed by atoms with Crippen molar-refractivity contribution in [3.05, 3.63) is 45.9 Å². The van der Waals surface area contributed by atoms with Crippen LogP contribution in [-0.4, -0.2) is 22.5 Å². The van der Waals surface area contributed by atoms with Crippen molar-refractivity contribution in [2.45, 2.75) is 36.9 Å². The van der Waals surface area contributed by atoms with Crippen LogP contribution in [0.25, 0.3) is 0 Å². The summed E-state index contributed by atoms with van der Waals surface area (Å²) >= 11 is 7.64. The molecule has 1 aromatic rings. The zero-order valence-corrected chi connectivity index (χ0v) is 13.5. The van der Waals surface area contributed by atoms with Crippen molar-refractivity contribution in [1.29, 1.82) is 0 Å². The fourth-order valence-electron chi connectivity index (χ4n) is 3.62. The van der Waals surface area contributed by atoms with E-state index in [1.807, 2.05) is 17.8 Å². The number of hydrogen-bond acceptors (Lipinski definition) is 3. The van der Waals surface area contributed by atoms with Crippen molar-refractivity contribution < 1.29 is 9.18 Å². The van der Waals surface area contributed by atoms with Gasteiger partial charge in [-0.25, -0.2) is 4.39 Å². The number of thioether (sulfide) groups is 1. The number of nitrogens with zero attached hydrogens (tertiary/aromatic N) is 1. The van der Waals surface area contributed by atoms with E-state index in [9.17, 15) is 9.18 Å². The predicted octanol–water partition coefficient (Wildman–Crippen LogP) is 4.53. The molecule has 2 aliphatic heterocycles. The van der Waals surface area contributed by atoms with Crippen LogP contribution in [0, 0.1) is 5.82 Å². The maximum absolute atomic E-state index is 13.9. The fourth-order valence-corrected chi connectivity index (χ4v) is 5.17. The summed E-state index contributed by atoms with van der Waals surface area (Å²) in [7, 11) is 0. The molecule has 1 saturated heterocycles. The summed E-state index contributed by atoms with van der Waals surface area (Å²) in [6, 6.07) is 4.93. The van der Waals surface area contributed by atoms with Crippen LogP contribution in [0.3, 0.4) is 0 Å². The summed E-state index contributed by atoms with van der Waals surface area (Å²) in [5, 5.41) is 0.290. The van der Waals surface area contributed by atoms with E-state index in [1.165, 1.54) is 11.8 Å². The number of halogens is 2. The van der Waals surface area contributed by atoms with Gasteiger partial charge in [0.1, 0.15) is 5.82 Å². The maximum atomic E-state index is 13.9. The van der Waals surface area contributed by atoms with E-state index in [0.717, 1.165) is 41.8 Å². The van der Waals surface area contributed by atoms with E-state index < -0.39 is 5.82 Å². The molecule has 1 aliphatic carbocycles. The van der Waals surface area contributed by atoms with Gasteiger partial charge in [-0.2, -0.15) is 11.8 Å². The number of carbonyl (C=O) groups excluding carboxylic acids is 1. The van der Waals surface area contributed by atoms with E-state index in [4.69, 9.17) is 16.6 Å². The molecule has 0 saturated carbocycles. The van der Waals surface area contributed by atoms with Crippen molar-refractivity contribution >= 4 is 34.9 Å². The van der Waals surface area contributed by atoms with Gasteiger partial charge < -0.3 is 0 Å². The summed E-state index contributed by atoms with van der Waals surface area (Å²) in [6.45, 7) is 0. The van der Waals surface area contributed by atoms with Crippen molar-refractivity contribution in [3.63, 3.8) is 0 Å². The summed E-state index contributed by atoms with van der Waals surface area (Å²) in [6.07, 6.45) is 3.27. The first-order valence-corrected chi connectivity index (χ1v) is 8.98. The van der Waals surface area contributed by atoms with Gasteiger partial charge >= 0.3 is 0 Å². The molecule has 22 heavy (non-hydrogen) atoms. The Kier molecular flexibility index (Phi) is 3.61. The van der Waals surface area contributed by atoms with E-state index in [1.54, 1.807) is 6.07 Å². The van der Waals surface area contributed by atoms with Gasteiger partial charge in [0.15, 0.2) is 5.78 Å². The minimum atomic E-state index is -0.420. The van der Waals surface area contributed by atoms with Crippen LogP contribution in [0.2, 0.25) is 5.02 Å². The van der Waals surface area contributed by atoms with Gasteiger partial charge in [0.2, 0.25) is 0 Å². The number of carbonyl (C=O) groups is 1. The van der Waals surface area contributed by atoms with Crippen LogP contribution >= 0.6 is 23.4 Å². The third-order valence-corrected chi connectivity index (χ3v) is 6.26. The van der Waals surface area contributed by atoms with E-state index >= 15 is 0 Å². The molecule has 2 heterocycles. The Bertz CT molecular complexity index is 727. The van der Waals surface area contributed by atoms with Gasteiger partial charge in [0, 0.05) is 29.3 Å². The molecule has 0 N–H and O–H groups in total. The van der Waals surface area contributed by atoms with E-state index in [0.29, 0.717) is 6.42 Å². The second-order valence-corrected chi connectivity index (χ2v) is 7.59. The van der Waals surface area contributed by atoms with Crippen LogP contribution < -0.4 is 0 Å². The number of hydrogen-bond donors (Lipinski definition) is 0. The van der Waals surface area contributed by atoms with Crippen LogP contribution in [-0.2, 0) is 4.79 Å². The molecule has 1 fully saturated rings. The zero-order chi connectivity index (χ0) is 15.3. The highest BCUT2D eigenvalue weighted by Crippen LogP contribution is 2.47. The summed E-state index contributed by atoms with van der Waals surface area (Å²) in [5.41, 5.74) is 3.76. The summed E-state index contributed by atoms with van der Waals surface area (Å²) < 4.78 is 13.9. The molecule has 0 bridgehead atoms. The van der Waals surface area contributed by atoms with Gasteiger partial charge in [0.25, 0.3) is 0 Å². The molecule has 114 valence electrons. The topological polar surface area (TPSA) is 29.4 Å². The maximum Gasteiger partial charge on any atom is 0.161 e. The smallest absolute Gasteiger partial charge is 0.161 e. The molecular formula is C17H15ClFNOS. The number of fused-ring (bicyclic) bond motifs is 1. The molecule has 2 unspecified atom stereocenters. The van der Waals surface area contributed by atoms with Crippen LogP contribution in [0.5, 0.6) is 0 Å². The first kappa shape index (κ1) is 14.5. The second-order valence-electron chi connectivity index (χ2n) is 5.93.